The van der Waals surface area contributed by atoms with Gasteiger partial charge in [-0.15, -0.1) is 0 Å². The Morgan fingerprint density at radius 1 is 1.29 bits per heavy atom. The zero-order valence-corrected chi connectivity index (χ0v) is 17.0. The highest BCUT2D eigenvalue weighted by atomic mass is 32.2. The molecule has 1 unspecified atom stereocenters. The monoisotopic (exact) mass is 406 g/mol. The van der Waals surface area contributed by atoms with Crippen LogP contribution >= 0.6 is 0 Å². The van der Waals surface area contributed by atoms with Crippen molar-refractivity contribution in [3.8, 4) is 5.75 Å². The second kappa shape index (κ2) is 8.74. The van der Waals surface area contributed by atoms with Gasteiger partial charge in [0.15, 0.2) is 5.03 Å². The summed E-state index contributed by atoms with van der Waals surface area (Å²) in [5, 5.41) is 2.90. The van der Waals surface area contributed by atoms with E-state index < -0.39 is 15.9 Å². The molecule has 0 spiro atoms. The predicted octanol–water partition coefficient (Wildman–Crippen LogP) is 2.34. The second-order valence-electron chi connectivity index (χ2n) is 6.69. The van der Waals surface area contributed by atoms with Crippen molar-refractivity contribution in [2.45, 2.75) is 38.3 Å². The number of nitrogens with one attached hydrogen (secondary N) is 1. The fourth-order valence-corrected chi connectivity index (χ4v) is 4.66. The number of sulfonamides is 1. The minimum absolute atomic E-state index is 0.0296. The molecule has 152 valence electrons. The van der Waals surface area contributed by atoms with E-state index in [9.17, 15) is 13.2 Å². The Labute approximate surface area is 165 Å². The zero-order chi connectivity index (χ0) is 20.1. The van der Waals surface area contributed by atoms with Crippen LogP contribution in [0.5, 0.6) is 5.75 Å². The summed E-state index contributed by atoms with van der Waals surface area (Å²) in [7, 11) is -3.70. The van der Waals surface area contributed by atoms with E-state index >= 15 is 0 Å². The van der Waals surface area contributed by atoms with Gasteiger partial charge < -0.3 is 14.6 Å². The van der Waals surface area contributed by atoms with Crippen LogP contribution in [0, 0.1) is 5.92 Å². The molecule has 9 heteroatoms. The second-order valence-corrected chi connectivity index (χ2v) is 8.58. The predicted molar refractivity (Wildman–Crippen MR) is 106 cm³/mol. The molecular formula is C19H26N4O4S. The van der Waals surface area contributed by atoms with Gasteiger partial charge in [0.05, 0.1) is 18.9 Å². The van der Waals surface area contributed by atoms with E-state index in [1.807, 2.05) is 13.8 Å². The molecule has 1 aromatic heterocycles. The van der Waals surface area contributed by atoms with E-state index in [4.69, 9.17) is 4.74 Å². The molecule has 28 heavy (non-hydrogen) atoms. The molecule has 0 radical (unpaired) electrons. The minimum Gasteiger partial charge on any atom is -0.494 e. The van der Waals surface area contributed by atoms with Crippen LogP contribution in [0.2, 0.25) is 0 Å². The number of imidazole rings is 1. The van der Waals surface area contributed by atoms with Gasteiger partial charge in [0.1, 0.15) is 5.75 Å². The molecule has 0 saturated carbocycles. The lowest BCUT2D eigenvalue weighted by molar-refractivity contribution is -0.120. The third-order valence-corrected chi connectivity index (χ3v) is 6.52. The molecule has 1 atom stereocenters. The lowest BCUT2D eigenvalue weighted by atomic mass is 9.99. The Morgan fingerprint density at radius 3 is 2.68 bits per heavy atom. The summed E-state index contributed by atoms with van der Waals surface area (Å²) in [6.07, 6.45) is 4.32. The molecule has 2 aromatic rings. The van der Waals surface area contributed by atoms with Gasteiger partial charge >= 0.3 is 0 Å². The number of aromatic nitrogens is 2. The van der Waals surface area contributed by atoms with Crippen LogP contribution in [0.25, 0.3) is 0 Å². The van der Waals surface area contributed by atoms with Crippen LogP contribution in [-0.4, -0.2) is 47.9 Å². The van der Waals surface area contributed by atoms with E-state index in [1.54, 1.807) is 28.8 Å². The molecular weight excluding hydrogens is 380 g/mol. The average molecular weight is 407 g/mol. The van der Waals surface area contributed by atoms with Crippen molar-refractivity contribution in [1.29, 1.82) is 0 Å². The third-order valence-electron chi connectivity index (χ3n) is 4.77. The van der Waals surface area contributed by atoms with Gasteiger partial charge in [0, 0.05) is 31.5 Å². The summed E-state index contributed by atoms with van der Waals surface area (Å²) in [5.41, 5.74) is 0.662. The number of hydrogen-bond donors (Lipinski definition) is 1. The number of piperidine rings is 1. The summed E-state index contributed by atoms with van der Waals surface area (Å²) in [5.74, 6) is 0.161. The first-order chi connectivity index (χ1) is 13.4. The van der Waals surface area contributed by atoms with Gasteiger partial charge in [-0.25, -0.2) is 13.4 Å². The van der Waals surface area contributed by atoms with Crippen LogP contribution < -0.4 is 10.1 Å². The van der Waals surface area contributed by atoms with Crippen molar-refractivity contribution < 1.29 is 17.9 Å². The van der Waals surface area contributed by atoms with Crippen LogP contribution in [0.3, 0.4) is 0 Å². The van der Waals surface area contributed by atoms with Gasteiger partial charge in [-0.1, -0.05) is 0 Å². The molecule has 2 heterocycles. The number of ether oxygens (including phenoxy) is 1. The first-order valence-electron chi connectivity index (χ1n) is 9.49. The molecule has 1 amide bonds. The quantitative estimate of drug-likeness (QED) is 0.762. The molecule has 8 nitrogen and oxygen atoms in total. The van der Waals surface area contributed by atoms with Crippen LogP contribution in [-0.2, 0) is 21.4 Å². The van der Waals surface area contributed by atoms with Gasteiger partial charge in [0.25, 0.3) is 10.0 Å². The standard InChI is InChI=1S/C19H26N4O4S/c1-3-22-13-18(20-14-22)28(25,26)23-11-5-6-15(12-23)19(24)21-16-7-9-17(10-8-16)27-4-2/h7-10,13-15H,3-6,11-12H2,1-2H3,(H,21,24). The number of carbonyl (C=O) groups excluding carboxylic acids is 1. The maximum absolute atomic E-state index is 12.8. The topological polar surface area (TPSA) is 93.5 Å². The van der Waals surface area contributed by atoms with Crippen molar-refractivity contribution in [2.75, 3.05) is 25.0 Å². The average Bonchev–Trinajstić information content (AvgIpc) is 3.20. The molecule has 1 aliphatic heterocycles. The van der Waals surface area contributed by atoms with E-state index in [-0.39, 0.29) is 17.5 Å². The number of benzene rings is 1. The first kappa shape index (κ1) is 20.3. The summed E-state index contributed by atoms with van der Waals surface area (Å²) >= 11 is 0. The zero-order valence-electron chi connectivity index (χ0n) is 16.2. The number of nitrogens with zero attached hydrogens (tertiary/aromatic N) is 3. The van der Waals surface area contributed by atoms with Crippen LogP contribution in [0.15, 0.2) is 41.8 Å². The van der Waals surface area contributed by atoms with Gasteiger partial charge in [0.2, 0.25) is 5.91 Å². The highest BCUT2D eigenvalue weighted by Gasteiger charge is 2.34. The molecule has 1 N–H and O–H groups in total. The Kier molecular flexibility index (Phi) is 6.35. The molecule has 1 fully saturated rings. The fraction of sp³-hybridized carbons (Fsp3) is 0.474. The Bertz CT molecular complexity index is 908. The van der Waals surface area contributed by atoms with Crippen LogP contribution in [0.1, 0.15) is 26.7 Å². The first-order valence-corrected chi connectivity index (χ1v) is 10.9. The number of amides is 1. The van der Waals surface area contributed by atoms with E-state index in [0.717, 1.165) is 5.75 Å². The molecule has 1 saturated heterocycles. The van der Waals surface area contributed by atoms with Gasteiger partial charge in [-0.2, -0.15) is 4.31 Å². The molecule has 1 aromatic carbocycles. The van der Waals surface area contributed by atoms with E-state index in [2.05, 4.69) is 10.3 Å². The van der Waals surface area contributed by atoms with Crippen LogP contribution in [0.4, 0.5) is 5.69 Å². The summed E-state index contributed by atoms with van der Waals surface area (Å²) < 4.78 is 34.2. The maximum atomic E-state index is 12.8. The molecule has 0 bridgehead atoms. The van der Waals surface area contributed by atoms with Gasteiger partial charge in [-0.3, -0.25) is 4.79 Å². The maximum Gasteiger partial charge on any atom is 0.262 e. The normalized spacial score (nSPS) is 18.0. The lowest BCUT2D eigenvalue weighted by Gasteiger charge is -2.30. The number of hydrogen-bond acceptors (Lipinski definition) is 5. The largest absolute Gasteiger partial charge is 0.494 e. The van der Waals surface area contributed by atoms with Gasteiger partial charge in [-0.05, 0) is 51.0 Å². The molecule has 0 aliphatic carbocycles. The Morgan fingerprint density at radius 2 is 2.04 bits per heavy atom. The van der Waals surface area contributed by atoms with Crippen molar-refractivity contribution >= 4 is 21.6 Å². The van der Waals surface area contributed by atoms with Crippen molar-refractivity contribution in [3.05, 3.63) is 36.8 Å². The minimum atomic E-state index is -3.70. The third kappa shape index (κ3) is 4.53. The number of aryl methyl sites for hydroxylation is 1. The molecule has 3 rings (SSSR count). The summed E-state index contributed by atoms with van der Waals surface area (Å²) in [6.45, 7) is 5.61. The van der Waals surface area contributed by atoms with Crippen molar-refractivity contribution in [2.24, 2.45) is 5.92 Å². The highest BCUT2D eigenvalue weighted by molar-refractivity contribution is 7.89. The smallest absolute Gasteiger partial charge is 0.262 e. The molecule has 1 aliphatic rings. The summed E-state index contributed by atoms with van der Waals surface area (Å²) in [4.78, 5) is 16.7. The lowest BCUT2D eigenvalue weighted by Crippen LogP contribution is -2.43. The summed E-state index contributed by atoms with van der Waals surface area (Å²) in [6, 6.07) is 7.14. The number of rotatable bonds is 7. The SMILES string of the molecule is CCOc1ccc(NC(=O)C2CCCN(S(=O)(=O)c3cn(CC)cn3)C2)cc1. The number of anilines is 1. The van der Waals surface area contributed by atoms with Crippen molar-refractivity contribution in [3.63, 3.8) is 0 Å². The van der Waals surface area contributed by atoms with Crippen molar-refractivity contribution in [1.82, 2.24) is 13.9 Å². The fourth-order valence-electron chi connectivity index (χ4n) is 3.20. The Hall–Kier alpha value is -2.39. The van der Waals surface area contributed by atoms with E-state index in [1.165, 1.54) is 16.8 Å². The Balaban J connectivity index is 1.65. The number of carbonyl (C=O) groups is 1. The van der Waals surface area contributed by atoms with E-state index in [0.29, 0.717) is 38.2 Å². The highest BCUT2D eigenvalue weighted by Crippen LogP contribution is 2.24.